The number of amides is 5. The SMILES string of the molecule is NC(N)=NCCC[C@@H]1NC(=O)CNC(=O)C[C@@H](C(=O)O)NC(=O)[C@@H](c2ccccc2)NC(=O)[C@@H]2CCCN2C1=O. The highest BCUT2D eigenvalue weighted by molar-refractivity contribution is 5.97. The van der Waals surface area contributed by atoms with Crippen LogP contribution in [0.2, 0.25) is 0 Å². The van der Waals surface area contributed by atoms with Crippen LogP contribution in [0.1, 0.15) is 43.7 Å². The van der Waals surface area contributed by atoms with E-state index in [0.29, 0.717) is 24.8 Å². The Morgan fingerprint density at radius 2 is 1.73 bits per heavy atom. The first-order chi connectivity index (χ1) is 19.1. The van der Waals surface area contributed by atoms with E-state index in [2.05, 4.69) is 26.3 Å². The summed E-state index contributed by atoms with van der Waals surface area (Å²) in [7, 11) is 0. The topological polar surface area (TPSA) is 238 Å². The molecule has 1 aromatic rings. The molecular weight excluding hydrogens is 524 g/mol. The Morgan fingerprint density at radius 1 is 1.00 bits per heavy atom. The Balaban J connectivity index is 1.93. The van der Waals surface area contributed by atoms with Crippen molar-refractivity contribution in [1.82, 2.24) is 26.2 Å². The fourth-order valence-electron chi connectivity index (χ4n) is 4.59. The summed E-state index contributed by atoms with van der Waals surface area (Å²) < 4.78 is 0. The van der Waals surface area contributed by atoms with Gasteiger partial charge in [-0.25, -0.2) is 4.79 Å². The maximum absolute atomic E-state index is 13.6. The number of carbonyl (C=O) groups is 6. The molecule has 3 rings (SSSR count). The molecule has 2 aliphatic rings. The molecule has 2 saturated heterocycles. The first kappa shape index (κ1) is 29.9. The molecule has 2 fully saturated rings. The number of nitrogens with zero attached hydrogens (tertiary/aromatic N) is 2. The lowest BCUT2D eigenvalue weighted by atomic mass is 10.0. The van der Waals surface area contributed by atoms with Gasteiger partial charge in [0.05, 0.1) is 13.0 Å². The maximum Gasteiger partial charge on any atom is 0.326 e. The molecule has 5 amide bonds. The zero-order valence-electron chi connectivity index (χ0n) is 21.8. The van der Waals surface area contributed by atoms with Gasteiger partial charge in [-0.1, -0.05) is 30.3 Å². The standard InChI is InChI=1S/C25H34N8O7/c26-25(27)28-10-4-8-15-23(38)33-11-5-9-17(33)21(36)32-20(14-6-2-1-3-7-14)22(37)31-16(24(39)40)12-18(34)29-13-19(35)30-15/h1-3,6-7,15-17,20H,4-5,8-13H2,(H,29,34)(H,30,35)(H,31,37)(H,32,36)(H,39,40)(H4,26,27,28)/t15-,16-,17-,20+/m0/s1. The highest BCUT2D eigenvalue weighted by Crippen LogP contribution is 2.22. The van der Waals surface area contributed by atoms with Gasteiger partial charge in [0.1, 0.15) is 24.2 Å². The zero-order valence-corrected chi connectivity index (χ0v) is 21.8. The Morgan fingerprint density at radius 3 is 2.40 bits per heavy atom. The van der Waals surface area contributed by atoms with Gasteiger partial charge in [0.25, 0.3) is 0 Å². The lowest BCUT2D eigenvalue weighted by molar-refractivity contribution is -0.145. The van der Waals surface area contributed by atoms with Gasteiger partial charge in [0.15, 0.2) is 5.96 Å². The summed E-state index contributed by atoms with van der Waals surface area (Å²) in [6.45, 7) is -0.0857. The van der Waals surface area contributed by atoms with Gasteiger partial charge in [-0.3, -0.25) is 29.0 Å². The average molecular weight is 559 g/mol. The van der Waals surface area contributed by atoms with Crippen molar-refractivity contribution >= 4 is 41.5 Å². The number of carbonyl (C=O) groups excluding carboxylic acids is 5. The predicted octanol–water partition coefficient (Wildman–Crippen LogP) is -2.54. The summed E-state index contributed by atoms with van der Waals surface area (Å²) in [5, 5.41) is 19.5. The van der Waals surface area contributed by atoms with Gasteiger partial charge < -0.3 is 42.7 Å². The van der Waals surface area contributed by atoms with Gasteiger partial charge >= 0.3 is 5.97 Å². The molecular formula is C25H34N8O7. The second-order valence-corrected chi connectivity index (χ2v) is 9.49. The van der Waals surface area contributed by atoms with Crippen molar-refractivity contribution in [2.24, 2.45) is 16.5 Å². The summed E-state index contributed by atoms with van der Waals surface area (Å²) in [5.74, 6) is -5.06. The van der Waals surface area contributed by atoms with E-state index in [9.17, 15) is 33.9 Å². The molecule has 2 heterocycles. The van der Waals surface area contributed by atoms with Crippen LogP contribution in [0.15, 0.2) is 35.3 Å². The van der Waals surface area contributed by atoms with Crippen LogP contribution in [0.5, 0.6) is 0 Å². The lowest BCUT2D eigenvalue weighted by Gasteiger charge is -2.30. The number of carboxylic acids is 1. The van der Waals surface area contributed by atoms with Crippen LogP contribution in [-0.2, 0) is 28.8 Å². The van der Waals surface area contributed by atoms with Crippen molar-refractivity contribution in [2.75, 3.05) is 19.6 Å². The van der Waals surface area contributed by atoms with Crippen molar-refractivity contribution < 1.29 is 33.9 Å². The zero-order chi connectivity index (χ0) is 29.2. The third kappa shape index (κ3) is 8.15. The van der Waals surface area contributed by atoms with Crippen molar-refractivity contribution in [2.45, 2.75) is 56.3 Å². The van der Waals surface area contributed by atoms with Crippen molar-refractivity contribution in [3.8, 4) is 0 Å². The molecule has 15 nitrogen and oxygen atoms in total. The van der Waals surface area contributed by atoms with E-state index in [-0.39, 0.29) is 25.5 Å². The molecule has 0 aromatic heterocycles. The molecule has 15 heteroatoms. The quantitative estimate of drug-likeness (QED) is 0.110. The number of fused-ring (bicyclic) bond motifs is 1. The number of nitrogens with one attached hydrogen (secondary N) is 4. The molecule has 0 bridgehead atoms. The predicted molar refractivity (Wildman–Crippen MR) is 141 cm³/mol. The van der Waals surface area contributed by atoms with E-state index in [1.54, 1.807) is 30.3 Å². The highest BCUT2D eigenvalue weighted by Gasteiger charge is 2.39. The van der Waals surface area contributed by atoms with E-state index in [1.807, 2.05) is 0 Å². The molecule has 2 aliphatic heterocycles. The Bertz CT molecular complexity index is 1160. The van der Waals surface area contributed by atoms with Crippen molar-refractivity contribution in [1.29, 1.82) is 0 Å². The third-order valence-corrected chi connectivity index (χ3v) is 6.55. The van der Waals surface area contributed by atoms with Crippen LogP contribution in [0, 0.1) is 0 Å². The fourth-order valence-corrected chi connectivity index (χ4v) is 4.59. The van der Waals surface area contributed by atoms with Crippen molar-refractivity contribution in [3.63, 3.8) is 0 Å². The smallest absolute Gasteiger partial charge is 0.326 e. The van der Waals surface area contributed by atoms with Gasteiger partial charge in [0, 0.05) is 13.1 Å². The van der Waals surface area contributed by atoms with E-state index in [1.165, 1.54) is 4.90 Å². The van der Waals surface area contributed by atoms with Crippen molar-refractivity contribution in [3.05, 3.63) is 35.9 Å². The van der Waals surface area contributed by atoms with Crippen LogP contribution in [0.4, 0.5) is 0 Å². The number of hydrogen-bond acceptors (Lipinski definition) is 7. The molecule has 0 radical (unpaired) electrons. The van der Waals surface area contributed by atoms with Gasteiger partial charge in [-0.05, 0) is 31.2 Å². The van der Waals surface area contributed by atoms with E-state index >= 15 is 0 Å². The minimum Gasteiger partial charge on any atom is -0.480 e. The van der Waals surface area contributed by atoms with Crippen LogP contribution in [0.3, 0.4) is 0 Å². The minimum absolute atomic E-state index is 0.121. The lowest BCUT2D eigenvalue weighted by Crippen LogP contribution is -2.56. The average Bonchev–Trinajstić information content (AvgIpc) is 3.41. The first-order valence-electron chi connectivity index (χ1n) is 12.9. The number of carboxylic acid groups (broad SMARTS) is 1. The Labute approximate surface area is 230 Å². The van der Waals surface area contributed by atoms with Crippen LogP contribution >= 0.6 is 0 Å². The maximum atomic E-state index is 13.6. The number of hydrogen-bond donors (Lipinski definition) is 7. The number of benzene rings is 1. The number of aliphatic carboxylic acids is 1. The van der Waals surface area contributed by atoms with Crippen LogP contribution in [-0.4, -0.2) is 89.2 Å². The largest absolute Gasteiger partial charge is 0.480 e. The van der Waals surface area contributed by atoms with E-state index < -0.39 is 72.6 Å². The molecule has 1 aromatic carbocycles. The Kier molecular flexibility index (Phi) is 10.4. The molecule has 4 atom stereocenters. The molecule has 0 saturated carbocycles. The van der Waals surface area contributed by atoms with Gasteiger partial charge in [-0.15, -0.1) is 0 Å². The molecule has 40 heavy (non-hydrogen) atoms. The first-order valence-corrected chi connectivity index (χ1v) is 12.9. The number of rotatable bonds is 6. The number of nitrogens with two attached hydrogens (primary N) is 2. The normalized spacial score (nSPS) is 24.7. The fraction of sp³-hybridized carbons (Fsp3) is 0.480. The number of guanidine groups is 1. The van der Waals surface area contributed by atoms with Crippen LogP contribution < -0.4 is 32.7 Å². The summed E-state index contributed by atoms with van der Waals surface area (Å²) in [4.78, 5) is 82.3. The summed E-state index contributed by atoms with van der Waals surface area (Å²) >= 11 is 0. The molecule has 9 N–H and O–H groups in total. The van der Waals surface area contributed by atoms with Gasteiger partial charge in [0.2, 0.25) is 29.5 Å². The van der Waals surface area contributed by atoms with Gasteiger partial charge in [-0.2, -0.15) is 0 Å². The monoisotopic (exact) mass is 558 g/mol. The molecule has 0 unspecified atom stereocenters. The third-order valence-electron chi connectivity index (χ3n) is 6.55. The second kappa shape index (κ2) is 13.9. The molecule has 0 spiro atoms. The summed E-state index contributed by atoms with van der Waals surface area (Å²) in [6.07, 6.45) is 0.653. The highest BCUT2D eigenvalue weighted by atomic mass is 16.4. The Hall–Kier alpha value is -4.69. The van der Waals surface area contributed by atoms with E-state index in [4.69, 9.17) is 11.5 Å². The van der Waals surface area contributed by atoms with Crippen LogP contribution in [0.25, 0.3) is 0 Å². The molecule has 216 valence electrons. The van der Waals surface area contributed by atoms with E-state index in [0.717, 1.165) is 0 Å². The second-order valence-electron chi connectivity index (χ2n) is 9.49. The summed E-state index contributed by atoms with van der Waals surface area (Å²) in [6, 6.07) is 3.30. The number of aliphatic imine (C=N–C) groups is 1. The summed E-state index contributed by atoms with van der Waals surface area (Å²) in [5.41, 5.74) is 11.1. The minimum atomic E-state index is -1.63. The molecule has 0 aliphatic carbocycles.